The van der Waals surface area contributed by atoms with E-state index in [2.05, 4.69) is 9.80 Å². The molecule has 1 aromatic carbocycles. The topological polar surface area (TPSA) is 6.48 Å². The van der Waals surface area contributed by atoms with Crippen molar-refractivity contribution in [3.8, 4) is 0 Å². The van der Waals surface area contributed by atoms with Crippen LogP contribution in [-0.2, 0) is 12.6 Å². The van der Waals surface area contributed by atoms with Crippen LogP contribution >= 0.6 is 0 Å². The van der Waals surface area contributed by atoms with E-state index in [1.165, 1.54) is 0 Å². The number of halogens is 5. The Morgan fingerprint density at radius 2 is 1.59 bits per heavy atom. The van der Waals surface area contributed by atoms with Crippen molar-refractivity contribution in [3.63, 3.8) is 0 Å². The summed E-state index contributed by atoms with van der Waals surface area (Å²) >= 11 is 0. The molecule has 7 heteroatoms. The third kappa shape index (κ3) is 4.39. The first kappa shape index (κ1) is 17.1. The van der Waals surface area contributed by atoms with E-state index in [0.29, 0.717) is 19.0 Å². The highest BCUT2D eigenvalue weighted by atomic mass is 19.4. The molecule has 0 radical (unpaired) electrons. The number of hydrogen-bond acceptors (Lipinski definition) is 2. The highest BCUT2D eigenvalue weighted by Crippen LogP contribution is 2.33. The second-order valence-electron chi connectivity index (χ2n) is 5.67. The lowest BCUT2D eigenvalue weighted by Crippen LogP contribution is -2.44. The lowest BCUT2D eigenvalue weighted by Gasteiger charge is -2.32. The zero-order chi connectivity index (χ0) is 16.3. The molecule has 1 aliphatic rings. The van der Waals surface area contributed by atoms with E-state index >= 15 is 0 Å². The molecule has 1 heterocycles. The largest absolute Gasteiger partial charge is 0.416 e. The molecule has 0 amide bonds. The molecule has 1 saturated heterocycles. The quantitative estimate of drug-likeness (QED) is 0.786. The van der Waals surface area contributed by atoms with E-state index in [1.54, 1.807) is 0 Å². The summed E-state index contributed by atoms with van der Waals surface area (Å²) in [5.41, 5.74) is -1.26. The number of nitrogens with zero attached hydrogens (tertiary/aromatic N) is 2. The first-order chi connectivity index (χ1) is 10.3. The van der Waals surface area contributed by atoms with Gasteiger partial charge in [-0.05, 0) is 44.1 Å². The lowest BCUT2D eigenvalue weighted by molar-refractivity contribution is -0.138. The second kappa shape index (κ2) is 6.91. The van der Waals surface area contributed by atoms with Crippen LogP contribution in [0, 0.1) is 11.6 Å². The summed E-state index contributed by atoms with van der Waals surface area (Å²) in [6.45, 7) is 4.27. The van der Waals surface area contributed by atoms with Gasteiger partial charge in [0.1, 0.15) is 0 Å². The van der Waals surface area contributed by atoms with Crippen molar-refractivity contribution in [3.05, 3.63) is 34.9 Å². The van der Waals surface area contributed by atoms with E-state index < -0.39 is 23.4 Å². The van der Waals surface area contributed by atoms with Gasteiger partial charge in [-0.25, -0.2) is 8.78 Å². The van der Waals surface area contributed by atoms with Gasteiger partial charge in [-0.2, -0.15) is 13.2 Å². The molecule has 0 bridgehead atoms. The van der Waals surface area contributed by atoms with Crippen molar-refractivity contribution in [1.29, 1.82) is 0 Å². The Morgan fingerprint density at radius 3 is 2.18 bits per heavy atom. The normalized spacial score (nSPS) is 17.9. The number of benzene rings is 1. The maximum Gasteiger partial charge on any atom is 0.416 e. The molecule has 0 atom stereocenters. The van der Waals surface area contributed by atoms with Crippen LogP contribution in [0.25, 0.3) is 0 Å². The average Bonchev–Trinajstić information content (AvgIpc) is 2.43. The molecule has 22 heavy (non-hydrogen) atoms. The molecule has 124 valence electrons. The predicted octanol–water partition coefficient (Wildman–Crippen LogP) is 3.16. The Labute approximate surface area is 126 Å². The van der Waals surface area contributed by atoms with Crippen LogP contribution in [0.4, 0.5) is 22.0 Å². The Balaban J connectivity index is 1.98. The van der Waals surface area contributed by atoms with Gasteiger partial charge in [0.15, 0.2) is 11.6 Å². The molecular formula is C15H19F5N2. The zero-order valence-corrected chi connectivity index (χ0v) is 12.4. The molecular weight excluding hydrogens is 303 g/mol. The minimum Gasteiger partial charge on any atom is -0.304 e. The van der Waals surface area contributed by atoms with Crippen LogP contribution in [0.2, 0.25) is 0 Å². The van der Waals surface area contributed by atoms with Crippen LogP contribution in [0.3, 0.4) is 0 Å². The van der Waals surface area contributed by atoms with Crippen molar-refractivity contribution in [2.24, 2.45) is 0 Å². The Hall–Kier alpha value is -1.21. The standard InChI is InChI=1S/C15H19F5N2/c1-21-5-7-22(8-6-21)4-2-3-11-9-13(16)14(17)10-12(11)15(18,19)20/h9-10H,2-8H2,1H3. The van der Waals surface area contributed by atoms with Gasteiger partial charge in [-0.3, -0.25) is 0 Å². The van der Waals surface area contributed by atoms with Crippen molar-refractivity contribution >= 4 is 0 Å². The maximum absolute atomic E-state index is 13.2. The number of hydrogen-bond donors (Lipinski definition) is 0. The molecule has 0 saturated carbocycles. The molecule has 2 nitrogen and oxygen atoms in total. The number of alkyl halides is 3. The van der Waals surface area contributed by atoms with Gasteiger partial charge in [0.05, 0.1) is 5.56 Å². The van der Waals surface area contributed by atoms with Crippen LogP contribution in [0.5, 0.6) is 0 Å². The lowest BCUT2D eigenvalue weighted by atomic mass is 10.0. The number of rotatable bonds is 4. The van der Waals surface area contributed by atoms with E-state index in [1.807, 2.05) is 7.05 Å². The molecule has 0 aromatic heterocycles. The fourth-order valence-corrected chi connectivity index (χ4v) is 2.62. The second-order valence-corrected chi connectivity index (χ2v) is 5.67. The van der Waals surface area contributed by atoms with Gasteiger partial charge >= 0.3 is 6.18 Å². The average molecular weight is 322 g/mol. The van der Waals surface area contributed by atoms with Gasteiger partial charge in [0.2, 0.25) is 0 Å². The summed E-state index contributed by atoms with van der Waals surface area (Å²) in [6.07, 6.45) is -4.10. The first-order valence-electron chi connectivity index (χ1n) is 7.23. The summed E-state index contributed by atoms with van der Waals surface area (Å²) < 4.78 is 64.9. The first-order valence-corrected chi connectivity index (χ1v) is 7.23. The number of piperazine rings is 1. The van der Waals surface area contributed by atoms with Crippen molar-refractivity contribution in [2.45, 2.75) is 19.0 Å². The highest BCUT2D eigenvalue weighted by Gasteiger charge is 2.34. The smallest absolute Gasteiger partial charge is 0.304 e. The molecule has 1 aromatic rings. The third-order valence-electron chi connectivity index (χ3n) is 3.97. The minimum absolute atomic E-state index is 0.0817. The molecule has 0 aliphatic carbocycles. The van der Waals surface area contributed by atoms with E-state index in [-0.39, 0.29) is 18.1 Å². The number of aryl methyl sites for hydroxylation is 1. The monoisotopic (exact) mass is 322 g/mol. The highest BCUT2D eigenvalue weighted by molar-refractivity contribution is 5.31. The third-order valence-corrected chi connectivity index (χ3v) is 3.97. The van der Waals surface area contributed by atoms with E-state index in [0.717, 1.165) is 26.2 Å². The molecule has 0 unspecified atom stereocenters. The molecule has 1 aliphatic heterocycles. The van der Waals surface area contributed by atoms with Crippen molar-refractivity contribution < 1.29 is 22.0 Å². The SMILES string of the molecule is CN1CCN(CCCc2cc(F)c(F)cc2C(F)(F)F)CC1. The van der Waals surface area contributed by atoms with Gasteiger partial charge in [0.25, 0.3) is 0 Å². The molecule has 1 fully saturated rings. The Bertz CT molecular complexity index is 507. The number of likely N-dealkylation sites (N-methyl/N-ethyl adjacent to an activating group) is 1. The zero-order valence-electron chi connectivity index (χ0n) is 12.4. The summed E-state index contributed by atoms with van der Waals surface area (Å²) in [5.74, 6) is -2.70. The van der Waals surface area contributed by atoms with Crippen LogP contribution in [-0.4, -0.2) is 49.6 Å². The van der Waals surface area contributed by atoms with E-state index in [4.69, 9.17) is 0 Å². The van der Waals surface area contributed by atoms with Gasteiger partial charge in [0, 0.05) is 26.2 Å². The fourth-order valence-electron chi connectivity index (χ4n) is 2.62. The summed E-state index contributed by atoms with van der Waals surface area (Å²) in [5, 5.41) is 0. The maximum atomic E-state index is 13.2. The molecule has 0 spiro atoms. The van der Waals surface area contributed by atoms with Crippen molar-refractivity contribution in [2.75, 3.05) is 39.8 Å². The van der Waals surface area contributed by atoms with Crippen LogP contribution in [0.15, 0.2) is 12.1 Å². The summed E-state index contributed by atoms with van der Waals surface area (Å²) in [4.78, 5) is 4.36. The Kier molecular flexibility index (Phi) is 5.39. The van der Waals surface area contributed by atoms with E-state index in [9.17, 15) is 22.0 Å². The van der Waals surface area contributed by atoms with Crippen molar-refractivity contribution in [1.82, 2.24) is 9.80 Å². The van der Waals surface area contributed by atoms with Gasteiger partial charge in [-0.1, -0.05) is 0 Å². The van der Waals surface area contributed by atoms with Crippen LogP contribution < -0.4 is 0 Å². The fraction of sp³-hybridized carbons (Fsp3) is 0.600. The molecule has 2 rings (SSSR count). The van der Waals surface area contributed by atoms with Gasteiger partial charge in [-0.15, -0.1) is 0 Å². The summed E-state index contributed by atoms with van der Waals surface area (Å²) in [7, 11) is 2.02. The molecule has 0 N–H and O–H groups in total. The predicted molar refractivity (Wildman–Crippen MR) is 73.6 cm³/mol. The minimum atomic E-state index is -4.67. The van der Waals surface area contributed by atoms with Gasteiger partial charge < -0.3 is 9.80 Å². The van der Waals surface area contributed by atoms with Crippen LogP contribution in [0.1, 0.15) is 17.5 Å². The summed E-state index contributed by atoms with van der Waals surface area (Å²) in [6, 6.07) is 0.919. The Morgan fingerprint density at radius 1 is 1.00 bits per heavy atom.